The smallest absolute Gasteiger partial charge is 0.255 e. The van der Waals surface area contributed by atoms with Gasteiger partial charge in [0.2, 0.25) is 0 Å². The van der Waals surface area contributed by atoms with Crippen LogP contribution in [0.4, 0.5) is 13.9 Å². The largest absolute Gasteiger partial charge is 0.345 e. The Balaban J connectivity index is 2.70. The zero-order chi connectivity index (χ0) is 13.5. The molecule has 0 aliphatic heterocycles. The van der Waals surface area contributed by atoms with Crippen LogP contribution >= 0.6 is 11.3 Å². The summed E-state index contributed by atoms with van der Waals surface area (Å²) in [4.78, 5) is 7.11. The maximum Gasteiger partial charge on any atom is 0.255 e. The molecule has 104 valence electrons. The van der Waals surface area contributed by atoms with E-state index in [2.05, 4.69) is 17.2 Å². The molecule has 1 aromatic rings. The monoisotopic (exact) mass is 277 g/mol. The summed E-state index contributed by atoms with van der Waals surface area (Å²) in [6.45, 7) is 5.62. The van der Waals surface area contributed by atoms with Crippen LogP contribution in [-0.2, 0) is 13.0 Å². The lowest BCUT2D eigenvalue weighted by Gasteiger charge is -2.14. The highest BCUT2D eigenvalue weighted by atomic mass is 32.1. The third kappa shape index (κ3) is 4.49. The third-order valence-corrected chi connectivity index (χ3v) is 3.76. The summed E-state index contributed by atoms with van der Waals surface area (Å²) in [6, 6.07) is 0. The second kappa shape index (κ2) is 7.63. The van der Waals surface area contributed by atoms with Gasteiger partial charge < -0.3 is 10.2 Å². The lowest BCUT2D eigenvalue weighted by atomic mass is 10.3. The highest BCUT2D eigenvalue weighted by Gasteiger charge is 2.15. The fourth-order valence-corrected chi connectivity index (χ4v) is 2.70. The highest BCUT2D eigenvalue weighted by Crippen LogP contribution is 2.26. The van der Waals surface area contributed by atoms with E-state index in [1.54, 1.807) is 7.05 Å². The van der Waals surface area contributed by atoms with Gasteiger partial charge in [0.1, 0.15) is 0 Å². The van der Waals surface area contributed by atoms with Crippen LogP contribution in [0, 0.1) is 0 Å². The Bertz CT molecular complexity index is 355. The van der Waals surface area contributed by atoms with E-state index in [9.17, 15) is 8.78 Å². The SMILES string of the molecule is CCCNCc1sc(N(C)CC(F)F)nc1CC. The number of alkyl halides is 2. The van der Waals surface area contributed by atoms with Crippen LogP contribution in [0.3, 0.4) is 0 Å². The summed E-state index contributed by atoms with van der Waals surface area (Å²) in [5, 5.41) is 4.00. The standard InChI is InChI=1S/C12H21F2N3S/c1-4-6-15-7-10-9(5-2)16-12(18-10)17(3)8-11(13)14/h11,15H,4-8H2,1-3H3. The summed E-state index contributed by atoms with van der Waals surface area (Å²) < 4.78 is 24.7. The fourth-order valence-electron chi connectivity index (χ4n) is 1.61. The van der Waals surface area contributed by atoms with Crippen molar-refractivity contribution in [3.8, 4) is 0 Å². The van der Waals surface area contributed by atoms with Crippen LogP contribution in [0.25, 0.3) is 0 Å². The molecule has 0 aromatic carbocycles. The molecule has 0 saturated heterocycles. The summed E-state index contributed by atoms with van der Waals surface area (Å²) in [7, 11) is 1.66. The summed E-state index contributed by atoms with van der Waals surface area (Å²) >= 11 is 1.50. The molecule has 18 heavy (non-hydrogen) atoms. The molecule has 0 amide bonds. The summed E-state index contributed by atoms with van der Waals surface area (Å²) in [5.74, 6) is 0. The molecule has 0 bridgehead atoms. The number of thiazole rings is 1. The second-order valence-electron chi connectivity index (χ2n) is 4.17. The summed E-state index contributed by atoms with van der Waals surface area (Å²) in [5.41, 5.74) is 1.01. The maximum absolute atomic E-state index is 12.3. The Labute approximate surface area is 111 Å². The lowest BCUT2D eigenvalue weighted by molar-refractivity contribution is 0.156. The van der Waals surface area contributed by atoms with Gasteiger partial charge in [0.25, 0.3) is 6.43 Å². The van der Waals surface area contributed by atoms with Gasteiger partial charge in [0.15, 0.2) is 5.13 Å². The van der Waals surface area contributed by atoms with Crippen LogP contribution in [0.15, 0.2) is 0 Å². The van der Waals surface area contributed by atoms with Crippen molar-refractivity contribution in [3.63, 3.8) is 0 Å². The van der Waals surface area contributed by atoms with Gasteiger partial charge in [-0.25, -0.2) is 13.8 Å². The van der Waals surface area contributed by atoms with E-state index in [0.717, 1.165) is 36.5 Å². The topological polar surface area (TPSA) is 28.2 Å². The fraction of sp³-hybridized carbons (Fsp3) is 0.750. The molecule has 0 atom stereocenters. The maximum atomic E-state index is 12.3. The Morgan fingerprint density at radius 3 is 2.67 bits per heavy atom. The number of nitrogens with one attached hydrogen (secondary N) is 1. The zero-order valence-electron chi connectivity index (χ0n) is 11.2. The Kier molecular flexibility index (Phi) is 6.49. The van der Waals surface area contributed by atoms with Gasteiger partial charge in [-0.3, -0.25) is 0 Å². The molecule has 0 saturated carbocycles. The molecule has 0 spiro atoms. The Morgan fingerprint density at radius 2 is 2.11 bits per heavy atom. The van der Waals surface area contributed by atoms with Gasteiger partial charge in [0.05, 0.1) is 12.2 Å². The van der Waals surface area contributed by atoms with E-state index in [1.165, 1.54) is 16.2 Å². The summed E-state index contributed by atoms with van der Waals surface area (Å²) in [6.07, 6.45) is -0.411. The molecule has 0 aliphatic rings. The highest BCUT2D eigenvalue weighted by molar-refractivity contribution is 7.15. The first kappa shape index (κ1) is 15.3. The van der Waals surface area contributed by atoms with Crippen molar-refractivity contribution < 1.29 is 8.78 Å². The van der Waals surface area contributed by atoms with Crippen molar-refractivity contribution in [2.45, 2.75) is 39.7 Å². The number of halogens is 2. The number of hydrogen-bond acceptors (Lipinski definition) is 4. The molecule has 1 N–H and O–H groups in total. The van der Waals surface area contributed by atoms with E-state index >= 15 is 0 Å². The van der Waals surface area contributed by atoms with Gasteiger partial charge in [-0.05, 0) is 19.4 Å². The molecule has 3 nitrogen and oxygen atoms in total. The first-order valence-corrected chi connectivity index (χ1v) is 7.08. The zero-order valence-corrected chi connectivity index (χ0v) is 12.0. The van der Waals surface area contributed by atoms with Crippen molar-refractivity contribution in [3.05, 3.63) is 10.6 Å². The van der Waals surface area contributed by atoms with Crippen molar-refractivity contribution >= 4 is 16.5 Å². The number of rotatable bonds is 8. The van der Waals surface area contributed by atoms with E-state index < -0.39 is 6.43 Å². The lowest BCUT2D eigenvalue weighted by Crippen LogP contribution is -2.23. The van der Waals surface area contributed by atoms with Crippen LogP contribution in [0.1, 0.15) is 30.8 Å². The molecular weight excluding hydrogens is 256 g/mol. The van der Waals surface area contributed by atoms with E-state index in [-0.39, 0.29) is 6.54 Å². The number of aryl methyl sites for hydroxylation is 1. The predicted molar refractivity (Wildman–Crippen MR) is 72.8 cm³/mol. The number of nitrogens with zero attached hydrogens (tertiary/aromatic N) is 2. The first-order valence-electron chi connectivity index (χ1n) is 6.27. The second-order valence-corrected chi connectivity index (χ2v) is 5.23. The van der Waals surface area contributed by atoms with Crippen LogP contribution < -0.4 is 10.2 Å². The van der Waals surface area contributed by atoms with Crippen LogP contribution in [0.5, 0.6) is 0 Å². The van der Waals surface area contributed by atoms with Gasteiger partial charge in [0, 0.05) is 18.5 Å². The normalized spacial score (nSPS) is 11.2. The average Bonchev–Trinajstić information content (AvgIpc) is 2.72. The minimum Gasteiger partial charge on any atom is -0.345 e. The quantitative estimate of drug-likeness (QED) is 0.741. The average molecular weight is 277 g/mol. The molecule has 0 radical (unpaired) electrons. The minimum absolute atomic E-state index is 0.265. The Morgan fingerprint density at radius 1 is 1.39 bits per heavy atom. The van der Waals surface area contributed by atoms with E-state index in [1.807, 2.05) is 6.92 Å². The van der Waals surface area contributed by atoms with Crippen LogP contribution in [-0.4, -0.2) is 31.5 Å². The number of aromatic nitrogens is 1. The molecular formula is C12H21F2N3S. The number of hydrogen-bond donors (Lipinski definition) is 1. The molecule has 6 heteroatoms. The molecule has 0 aliphatic carbocycles. The molecule has 1 rings (SSSR count). The first-order chi connectivity index (χ1) is 8.58. The van der Waals surface area contributed by atoms with Crippen LogP contribution in [0.2, 0.25) is 0 Å². The molecule has 0 fully saturated rings. The molecule has 1 aromatic heterocycles. The third-order valence-electron chi connectivity index (χ3n) is 2.55. The van der Waals surface area contributed by atoms with Gasteiger partial charge in [-0.1, -0.05) is 13.8 Å². The van der Waals surface area contributed by atoms with Gasteiger partial charge in [-0.15, -0.1) is 11.3 Å². The Hall–Kier alpha value is -0.750. The van der Waals surface area contributed by atoms with Crippen molar-refractivity contribution in [1.29, 1.82) is 0 Å². The van der Waals surface area contributed by atoms with Crippen molar-refractivity contribution in [2.75, 3.05) is 25.0 Å². The van der Waals surface area contributed by atoms with Crippen molar-refractivity contribution in [1.82, 2.24) is 10.3 Å². The molecule has 1 heterocycles. The molecule has 0 unspecified atom stereocenters. The predicted octanol–water partition coefficient (Wildman–Crippen LogP) is 2.91. The minimum atomic E-state index is -2.33. The number of anilines is 1. The van der Waals surface area contributed by atoms with Crippen molar-refractivity contribution in [2.24, 2.45) is 0 Å². The van der Waals surface area contributed by atoms with Gasteiger partial charge in [-0.2, -0.15) is 0 Å². The van der Waals surface area contributed by atoms with E-state index in [0.29, 0.717) is 5.13 Å². The van der Waals surface area contributed by atoms with E-state index in [4.69, 9.17) is 0 Å². The van der Waals surface area contributed by atoms with Gasteiger partial charge >= 0.3 is 0 Å².